The lowest BCUT2D eigenvalue weighted by atomic mass is 10.1. The van der Waals surface area contributed by atoms with E-state index in [0.29, 0.717) is 31.0 Å². The number of benzene rings is 1. The van der Waals surface area contributed by atoms with E-state index in [9.17, 15) is 4.79 Å². The SMILES string of the molecule is CN(C)CCOc1ccccc1C(=O)N1CCC(Oc2cccnc2)CC1. The molecular formula is C21H27N3O3. The van der Waals surface area contributed by atoms with Gasteiger partial charge in [-0.3, -0.25) is 9.78 Å². The number of nitrogens with zero attached hydrogens (tertiary/aromatic N) is 3. The smallest absolute Gasteiger partial charge is 0.257 e. The number of para-hydroxylation sites is 1. The second-order valence-electron chi connectivity index (χ2n) is 6.95. The Kier molecular flexibility index (Phi) is 6.65. The summed E-state index contributed by atoms with van der Waals surface area (Å²) >= 11 is 0. The Labute approximate surface area is 160 Å². The number of ether oxygens (including phenoxy) is 2. The summed E-state index contributed by atoms with van der Waals surface area (Å²) in [4.78, 5) is 21.0. The number of hydrogen-bond donors (Lipinski definition) is 0. The Bertz CT molecular complexity index is 728. The van der Waals surface area contributed by atoms with Crippen molar-refractivity contribution in [2.75, 3.05) is 40.3 Å². The Morgan fingerprint density at radius 2 is 1.96 bits per heavy atom. The van der Waals surface area contributed by atoms with Crippen LogP contribution in [0.2, 0.25) is 0 Å². The molecule has 0 unspecified atom stereocenters. The van der Waals surface area contributed by atoms with Crippen LogP contribution in [0.25, 0.3) is 0 Å². The fourth-order valence-electron chi connectivity index (χ4n) is 3.06. The van der Waals surface area contributed by atoms with E-state index in [0.717, 1.165) is 25.1 Å². The zero-order chi connectivity index (χ0) is 19.1. The minimum Gasteiger partial charge on any atom is -0.491 e. The van der Waals surface area contributed by atoms with Gasteiger partial charge in [-0.25, -0.2) is 0 Å². The van der Waals surface area contributed by atoms with Crippen LogP contribution in [0.3, 0.4) is 0 Å². The van der Waals surface area contributed by atoms with Gasteiger partial charge >= 0.3 is 0 Å². The first-order valence-corrected chi connectivity index (χ1v) is 9.36. The number of hydrogen-bond acceptors (Lipinski definition) is 5. The van der Waals surface area contributed by atoms with Gasteiger partial charge in [0.1, 0.15) is 24.2 Å². The van der Waals surface area contributed by atoms with Crippen molar-refractivity contribution in [3.63, 3.8) is 0 Å². The van der Waals surface area contributed by atoms with Crippen LogP contribution in [-0.4, -0.2) is 67.1 Å². The van der Waals surface area contributed by atoms with Gasteiger partial charge in [-0.05, 0) is 38.4 Å². The van der Waals surface area contributed by atoms with Crippen LogP contribution in [0.5, 0.6) is 11.5 Å². The summed E-state index contributed by atoms with van der Waals surface area (Å²) in [6.07, 6.45) is 5.18. The average molecular weight is 369 g/mol. The fourth-order valence-corrected chi connectivity index (χ4v) is 3.06. The summed E-state index contributed by atoms with van der Waals surface area (Å²) in [6.45, 7) is 2.71. The molecule has 0 saturated carbocycles. The summed E-state index contributed by atoms with van der Waals surface area (Å²) in [5, 5.41) is 0. The molecule has 0 radical (unpaired) electrons. The van der Waals surface area contributed by atoms with Crippen LogP contribution < -0.4 is 9.47 Å². The summed E-state index contributed by atoms with van der Waals surface area (Å²) in [7, 11) is 4.00. The third-order valence-electron chi connectivity index (χ3n) is 4.58. The molecule has 6 heteroatoms. The van der Waals surface area contributed by atoms with E-state index in [4.69, 9.17) is 9.47 Å². The van der Waals surface area contributed by atoms with Crippen LogP contribution in [0, 0.1) is 0 Å². The lowest BCUT2D eigenvalue weighted by Crippen LogP contribution is -2.42. The van der Waals surface area contributed by atoms with Crippen molar-refractivity contribution in [1.29, 1.82) is 0 Å². The van der Waals surface area contributed by atoms with Crippen LogP contribution in [0.4, 0.5) is 0 Å². The Hall–Kier alpha value is -2.60. The van der Waals surface area contributed by atoms with E-state index in [2.05, 4.69) is 9.88 Å². The average Bonchev–Trinajstić information content (AvgIpc) is 2.69. The van der Waals surface area contributed by atoms with Crippen molar-refractivity contribution in [3.8, 4) is 11.5 Å². The van der Waals surface area contributed by atoms with Gasteiger partial charge in [0.15, 0.2) is 0 Å². The van der Waals surface area contributed by atoms with Gasteiger partial charge in [-0.2, -0.15) is 0 Å². The minimum atomic E-state index is 0.0234. The maximum absolute atomic E-state index is 13.0. The minimum absolute atomic E-state index is 0.0234. The predicted molar refractivity (Wildman–Crippen MR) is 104 cm³/mol. The van der Waals surface area contributed by atoms with Gasteiger partial charge < -0.3 is 19.3 Å². The molecule has 3 rings (SSSR count). The highest BCUT2D eigenvalue weighted by Gasteiger charge is 2.26. The molecule has 1 saturated heterocycles. The van der Waals surface area contributed by atoms with Crippen molar-refractivity contribution >= 4 is 5.91 Å². The van der Waals surface area contributed by atoms with E-state index < -0.39 is 0 Å². The first kappa shape index (κ1) is 19.2. The van der Waals surface area contributed by atoms with Gasteiger partial charge in [0.05, 0.1) is 11.8 Å². The quantitative estimate of drug-likeness (QED) is 0.751. The summed E-state index contributed by atoms with van der Waals surface area (Å²) in [5.41, 5.74) is 0.628. The molecule has 6 nitrogen and oxygen atoms in total. The Balaban J connectivity index is 1.56. The third-order valence-corrected chi connectivity index (χ3v) is 4.58. The van der Waals surface area contributed by atoms with E-state index in [1.54, 1.807) is 12.4 Å². The molecule has 1 aromatic carbocycles. The van der Waals surface area contributed by atoms with Crippen LogP contribution in [0.1, 0.15) is 23.2 Å². The van der Waals surface area contributed by atoms with Crippen molar-refractivity contribution in [1.82, 2.24) is 14.8 Å². The van der Waals surface area contributed by atoms with Gasteiger partial charge in [-0.15, -0.1) is 0 Å². The third kappa shape index (κ3) is 5.44. The molecular weight excluding hydrogens is 342 g/mol. The number of carbonyl (C=O) groups is 1. The first-order chi connectivity index (χ1) is 13.1. The van der Waals surface area contributed by atoms with Crippen molar-refractivity contribution in [3.05, 3.63) is 54.4 Å². The second kappa shape index (κ2) is 9.37. The molecule has 1 aliphatic rings. The number of carbonyl (C=O) groups excluding carboxylic acids is 1. The number of rotatable bonds is 7. The van der Waals surface area contributed by atoms with E-state index in [1.165, 1.54) is 0 Å². The number of piperidine rings is 1. The molecule has 0 spiro atoms. The normalized spacial score (nSPS) is 15.0. The molecule has 1 aromatic heterocycles. The number of likely N-dealkylation sites (N-methyl/N-ethyl adjacent to an activating group) is 1. The van der Waals surface area contributed by atoms with Crippen molar-refractivity contribution in [2.45, 2.75) is 18.9 Å². The highest BCUT2D eigenvalue weighted by molar-refractivity contribution is 5.97. The van der Waals surface area contributed by atoms with Crippen LogP contribution in [0.15, 0.2) is 48.8 Å². The Morgan fingerprint density at radius 3 is 2.67 bits per heavy atom. The predicted octanol–water partition coefficient (Wildman–Crippen LogP) is 2.71. The summed E-state index contributed by atoms with van der Waals surface area (Å²) in [5.74, 6) is 1.45. The molecule has 1 fully saturated rings. The van der Waals surface area contributed by atoms with E-state index in [-0.39, 0.29) is 12.0 Å². The second-order valence-corrected chi connectivity index (χ2v) is 6.95. The molecule has 144 valence electrons. The topological polar surface area (TPSA) is 54.9 Å². The van der Waals surface area contributed by atoms with Gasteiger partial charge in [0, 0.05) is 38.7 Å². The molecule has 2 aromatic rings. The molecule has 27 heavy (non-hydrogen) atoms. The molecule has 2 heterocycles. The lowest BCUT2D eigenvalue weighted by molar-refractivity contribution is 0.0591. The molecule has 1 amide bonds. The maximum atomic E-state index is 13.0. The van der Waals surface area contributed by atoms with Gasteiger partial charge in [-0.1, -0.05) is 12.1 Å². The standard InChI is InChI=1S/C21H27N3O3/c1-23(2)14-15-26-20-8-4-3-7-19(20)21(25)24-12-9-17(10-13-24)27-18-6-5-11-22-16-18/h3-8,11,16-17H,9-10,12-15H2,1-2H3. The maximum Gasteiger partial charge on any atom is 0.257 e. The van der Waals surface area contributed by atoms with Crippen LogP contribution in [-0.2, 0) is 0 Å². The summed E-state index contributed by atoms with van der Waals surface area (Å²) < 4.78 is 11.8. The molecule has 0 atom stereocenters. The highest BCUT2D eigenvalue weighted by Crippen LogP contribution is 2.23. The van der Waals surface area contributed by atoms with E-state index in [1.807, 2.05) is 55.4 Å². The lowest BCUT2D eigenvalue weighted by Gasteiger charge is -2.32. The van der Waals surface area contributed by atoms with Gasteiger partial charge in [0.25, 0.3) is 5.91 Å². The first-order valence-electron chi connectivity index (χ1n) is 9.36. The molecule has 0 aliphatic carbocycles. The number of pyridine rings is 1. The molecule has 1 aliphatic heterocycles. The highest BCUT2D eigenvalue weighted by atomic mass is 16.5. The van der Waals surface area contributed by atoms with Crippen molar-refractivity contribution < 1.29 is 14.3 Å². The summed E-state index contributed by atoms with van der Waals surface area (Å²) in [6, 6.07) is 11.2. The Morgan fingerprint density at radius 1 is 1.19 bits per heavy atom. The van der Waals surface area contributed by atoms with Crippen LogP contribution >= 0.6 is 0 Å². The fraction of sp³-hybridized carbons (Fsp3) is 0.429. The number of likely N-dealkylation sites (tertiary alicyclic amines) is 1. The monoisotopic (exact) mass is 369 g/mol. The largest absolute Gasteiger partial charge is 0.491 e. The van der Waals surface area contributed by atoms with Crippen molar-refractivity contribution in [2.24, 2.45) is 0 Å². The molecule has 0 N–H and O–H groups in total. The zero-order valence-corrected chi connectivity index (χ0v) is 16.0. The number of amides is 1. The zero-order valence-electron chi connectivity index (χ0n) is 16.0. The molecule has 0 bridgehead atoms. The van der Waals surface area contributed by atoms with Gasteiger partial charge in [0.2, 0.25) is 0 Å². The number of aromatic nitrogens is 1. The van der Waals surface area contributed by atoms with E-state index >= 15 is 0 Å².